The first-order valence-corrected chi connectivity index (χ1v) is 16.4. The van der Waals surface area contributed by atoms with Crippen molar-refractivity contribution in [1.29, 1.82) is 0 Å². The minimum Gasteiger partial charge on any atom is -0.489 e. The van der Waals surface area contributed by atoms with E-state index in [1.165, 1.54) is 0 Å². The first-order valence-electron chi connectivity index (χ1n) is 16.4. The van der Waals surface area contributed by atoms with Gasteiger partial charge >= 0.3 is 5.97 Å². The molecule has 49 heavy (non-hydrogen) atoms. The molecule has 1 aliphatic rings. The number of esters is 1. The normalized spacial score (nSPS) is 14.8. The van der Waals surface area contributed by atoms with E-state index in [-0.39, 0.29) is 5.97 Å². The van der Waals surface area contributed by atoms with Gasteiger partial charge in [-0.05, 0) is 70.8 Å². The standard InChI is InChI=1S/C43H43N3O3/c1-8-39(41(31-14-20-34(21-15-31)44(2)3)32-16-22-35(23-17-32)45(4)5)43(40-27-24-36(46(6)7)28-38(40)42(47)49-43)33-18-25-37(26-19-33)48-29-30-12-10-9-11-13-30/h8-28H,1,29H2,2-7H3. The third kappa shape index (κ3) is 6.42. The molecule has 6 nitrogen and oxygen atoms in total. The number of benzene rings is 5. The van der Waals surface area contributed by atoms with Gasteiger partial charge in [0.1, 0.15) is 12.4 Å². The Morgan fingerprint density at radius 1 is 0.694 bits per heavy atom. The number of hydrogen-bond donors (Lipinski definition) is 0. The summed E-state index contributed by atoms with van der Waals surface area (Å²) < 4.78 is 12.8. The van der Waals surface area contributed by atoms with Crippen LogP contribution in [0, 0.1) is 0 Å². The summed E-state index contributed by atoms with van der Waals surface area (Å²) in [6.07, 6.45) is 1.84. The van der Waals surface area contributed by atoms with Crippen LogP contribution in [0.25, 0.3) is 5.57 Å². The number of nitrogens with zero attached hydrogens (tertiary/aromatic N) is 3. The van der Waals surface area contributed by atoms with E-state index in [0.717, 1.165) is 61.8 Å². The van der Waals surface area contributed by atoms with Crippen LogP contribution in [-0.2, 0) is 16.9 Å². The Balaban J connectivity index is 1.59. The molecule has 0 fully saturated rings. The molecule has 1 heterocycles. The van der Waals surface area contributed by atoms with Crippen molar-refractivity contribution in [2.24, 2.45) is 0 Å². The number of ether oxygens (including phenoxy) is 2. The fourth-order valence-electron chi connectivity index (χ4n) is 6.38. The highest BCUT2D eigenvalue weighted by Gasteiger charge is 2.50. The summed E-state index contributed by atoms with van der Waals surface area (Å²) in [5, 5.41) is 0. The maximum absolute atomic E-state index is 14.0. The van der Waals surface area contributed by atoms with E-state index in [0.29, 0.717) is 12.2 Å². The Hall–Kier alpha value is -5.75. The molecular weight excluding hydrogens is 606 g/mol. The summed E-state index contributed by atoms with van der Waals surface area (Å²) in [5.74, 6) is 0.339. The second-order valence-corrected chi connectivity index (χ2v) is 12.9. The van der Waals surface area contributed by atoms with Gasteiger partial charge in [0.2, 0.25) is 0 Å². The zero-order chi connectivity index (χ0) is 34.7. The van der Waals surface area contributed by atoms with Gasteiger partial charge in [-0.1, -0.05) is 85.5 Å². The quantitative estimate of drug-likeness (QED) is 0.106. The van der Waals surface area contributed by atoms with Crippen LogP contribution < -0.4 is 19.4 Å². The topological polar surface area (TPSA) is 45.3 Å². The largest absolute Gasteiger partial charge is 0.489 e. The van der Waals surface area contributed by atoms with Crippen molar-refractivity contribution < 1.29 is 14.3 Å². The van der Waals surface area contributed by atoms with Gasteiger partial charge in [-0.25, -0.2) is 4.79 Å². The fraction of sp³-hybridized carbons (Fsp3) is 0.186. The average molecular weight is 650 g/mol. The van der Waals surface area contributed by atoms with Gasteiger partial charge in [0.05, 0.1) is 5.56 Å². The van der Waals surface area contributed by atoms with Gasteiger partial charge in [0, 0.05) is 76.0 Å². The lowest BCUT2D eigenvalue weighted by atomic mass is 9.75. The maximum atomic E-state index is 14.0. The van der Waals surface area contributed by atoms with E-state index in [1.807, 2.05) is 126 Å². The summed E-state index contributed by atoms with van der Waals surface area (Å²) in [4.78, 5) is 20.1. The smallest absolute Gasteiger partial charge is 0.340 e. The molecule has 0 radical (unpaired) electrons. The Kier molecular flexibility index (Phi) is 9.32. The van der Waals surface area contributed by atoms with Crippen molar-refractivity contribution in [3.8, 4) is 5.75 Å². The fourth-order valence-corrected chi connectivity index (χ4v) is 6.38. The summed E-state index contributed by atoms with van der Waals surface area (Å²) in [7, 11) is 12.0. The first-order chi connectivity index (χ1) is 23.6. The van der Waals surface area contributed by atoms with Crippen LogP contribution in [-0.4, -0.2) is 48.3 Å². The molecule has 0 spiro atoms. The number of hydrogen-bond acceptors (Lipinski definition) is 6. The predicted octanol–water partition coefficient (Wildman–Crippen LogP) is 8.57. The highest BCUT2D eigenvalue weighted by Crippen LogP contribution is 2.51. The monoisotopic (exact) mass is 649 g/mol. The van der Waals surface area contributed by atoms with Crippen LogP contribution in [0.15, 0.2) is 140 Å². The minimum atomic E-state index is -1.28. The Morgan fingerprint density at radius 2 is 1.22 bits per heavy atom. The van der Waals surface area contributed by atoms with Crippen LogP contribution in [0.5, 0.6) is 5.75 Å². The first kappa shape index (κ1) is 33.2. The van der Waals surface area contributed by atoms with Crippen LogP contribution >= 0.6 is 0 Å². The van der Waals surface area contributed by atoms with Gasteiger partial charge in [0.25, 0.3) is 0 Å². The zero-order valence-electron chi connectivity index (χ0n) is 29.1. The number of anilines is 3. The van der Waals surface area contributed by atoms with Crippen molar-refractivity contribution in [1.82, 2.24) is 0 Å². The number of carbonyl (C=O) groups excluding carboxylic acids is 1. The van der Waals surface area contributed by atoms with Crippen molar-refractivity contribution in [3.63, 3.8) is 0 Å². The van der Waals surface area contributed by atoms with Gasteiger partial charge in [-0.3, -0.25) is 0 Å². The molecule has 5 aromatic rings. The number of fused-ring (bicyclic) bond motifs is 1. The van der Waals surface area contributed by atoms with E-state index in [2.05, 4.69) is 64.9 Å². The molecule has 5 aromatic carbocycles. The summed E-state index contributed by atoms with van der Waals surface area (Å²) >= 11 is 0. The van der Waals surface area contributed by atoms with Gasteiger partial charge < -0.3 is 24.2 Å². The molecule has 0 saturated carbocycles. The van der Waals surface area contributed by atoms with Crippen LogP contribution in [0.4, 0.5) is 17.1 Å². The third-order valence-corrected chi connectivity index (χ3v) is 9.07. The molecule has 1 atom stereocenters. The second-order valence-electron chi connectivity index (χ2n) is 12.9. The Morgan fingerprint density at radius 3 is 1.73 bits per heavy atom. The highest BCUT2D eigenvalue weighted by atomic mass is 16.6. The van der Waals surface area contributed by atoms with Crippen LogP contribution in [0.2, 0.25) is 0 Å². The van der Waals surface area contributed by atoms with Crippen molar-refractivity contribution in [2.45, 2.75) is 12.2 Å². The molecular formula is C43H43N3O3. The summed E-state index contributed by atoms with van der Waals surface area (Å²) in [6.45, 7) is 4.81. The van der Waals surface area contributed by atoms with Crippen molar-refractivity contribution in [3.05, 3.63) is 173 Å². The Bertz CT molecular complexity index is 1920. The lowest BCUT2D eigenvalue weighted by Crippen LogP contribution is -2.31. The maximum Gasteiger partial charge on any atom is 0.340 e. The summed E-state index contributed by atoms with van der Waals surface area (Å²) in [5.41, 5.74) is 8.63. The van der Waals surface area contributed by atoms with Crippen LogP contribution in [0.3, 0.4) is 0 Å². The molecule has 6 heteroatoms. The number of carbonyl (C=O) groups is 1. The van der Waals surface area contributed by atoms with E-state index in [1.54, 1.807) is 0 Å². The molecule has 0 aromatic heterocycles. The molecule has 0 saturated heterocycles. The molecule has 0 aliphatic carbocycles. The minimum absolute atomic E-state index is 0.382. The predicted molar refractivity (Wildman–Crippen MR) is 202 cm³/mol. The molecule has 1 unspecified atom stereocenters. The highest BCUT2D eigenvalue weighted by molar-refractivity contribution is 5.99. The van der Waals surface area contributed by atoms with Crippen LogP contribution in [0.1, 0.15) is 38.2 Å². The second kappa shape index (κ2) is 13.8. The molecule has 0 N–H and O–H groups in total. The van der Waals surface area contributed by atoms with Crippen molar-refractivity contribution >= 4 is 28.6 Å². The van der Waals surface area contributed by atoms with Gasteiger partial charge in [-0.2, -0.15) is 0 Å². The van der Waals surface area contributed by atoms with Gasteiger partial charge in [0.15, 0.2) is 5.60 Å². The number of rotatable bonds is 11. The summed E-state index contributed by atoms with van der Waals surface area (Å²) in [6, 6.07) is 40.8. The molecule has 0 amide bonds. The zero-order valence-corrected chi connectivity index (χ0v) is 29.1. The van der Waals surface area contributed by atoms with Gasteiger partial charge in [-0.15, -0.1) is 0 Å². The third-order valence-electron chi connectivity index (χ3n) is 9.07. The number of cyclic esters (lactones) is 1. The lowest BCUT2D eigenvalue weighted by Gasteiger charge is -2.34. The SMILES string of the molecule is C=CC(=C(c1ccc(N(C)C)cc1)c1ccc(N(C)C)cc1)C1(c2ccc(OCc3ccccc3)cc2)OC(=O)c2cc(N(C)C)ccc21. The Labute approximate surface area is 290 Å². The average Bonchev–Trinajstić information content (AvgIpc) is 3.42. The van der Waals surface area contributed by atoms with Crippen molar-refractivity contribution in [2.75, 3.05) is 57.0 Å². The van der Waals surface area contributed by atoms with E-state index in [4.69, 9.17) is 9.47 Å². The van der Waals surface area contributed by atoms with E-state index >= 15 is 0 Å². The lowest BCUT2D eigenvalue weighted by molar-refractivity contribution is 0.0251. The molecule has 1 aliphatic heterocycles. The molecule has 6 rings (SSSR count). The van der Waals surface area contributed by atoms with E-state index < -0.39 is 5.60 Å². The molecule has 248 valence electrons. The van der Waals surface area contributed by atoms with E-state index in [9.17, 15) is 4.79 Å². The molecule has 0 bridgehead atoms.